The minimum Gasteiger partial charge on any atom is -0.476 e. The number of carbonyl (C=O) groups excluding carboxylic acids is 1. The molecule has 204 valence electrons. The molecule has 8 heteroatoms. The first-order valence-corrected chi connectivity index (χ1v) is 15.4. The fraction of sp³-hybridized carbons (Fsp3) is 0.786. The molecule has 0 saturated heterocycles. The van der Waals surface area contributed by atoms with Crippen molar-refractivity contribution < 1.29 is 14.3 Å². The molecule has 2 aromatic heterocycles. The molecule has 0 fully saturated rings. The Morgan fingerprint density at radius 3 is 1.81 bits per heavy atom. The van der Waals surface area contributed by atoms with Crippen LogP contribution in [-0.2, 0) is 11.8 Å². The summed E-state index contributed by atoms with van der Waals surface area (Å²) in [6, 6.07) is 0. The predicted octanol–water partition coefficient (Wildman–Crippen LogP) is 7.90. The van der Waals surface area contributed by atoms with Gasteiger partial charge in [-0.2, -0.15) is 5.10 Å². The Kier molecular flexibility index (Phi) is 15.6. The second-order valence-electron chi connectivity index (χ2n) is 9.56. The smallest absolute Gasteiger partial charge is 0.359 e. The van der Waals surface area contributed by atoms with Crippen molar-refractivity contribution in [1.29, 1.82) is 0 Å². The molecule has 0 aliphatic rings. The Labute approximate surface area is 222 Å². The molecule has 7 nitrogen and oxygen atoms in total. The third-order valence-electron chi connectivity index (χ3n) is 6.50. The van der Waals surface area contributed by atoms with Crippen LogP contribution in [0.1, 0.15) is 127 Å². The van der Waals surface area contributed by atoms with Crippen LogP contribution in [0.25, 0.3) is 11.0 Å². The van der Waals surface area contributed by atoms with E-state index in [0.29, 0.717) is 28.7 Å². The van der Waals surface area contributed by atoms with E-state index in [9.17, 15) is 4.79 Å². The summed E-state index contributed by atoms with van der Waals surface area (Å²) in [5.74, 6) is 0.0943. The first-order chi connectivity index (χ1) is 17.6. The van der Waals surface area contributed by atoms with Gasteiger partial charge in [-0.25, -0.2) is 19.4 Å². The van der Waals surface area contributed by atoms with Crippen LogP contribution in [0.15, 0.2) is 5.16 Å². The topological polar surface area (TPSA) is 79.1 Å². The number of rotatable bonds is 21. The van der Waals surface area contributed by atoms with Crippen LogP contribution in [0.2, 0.25) is 0 Å². The number of hydrogen-bond donors (Lipinski definition) is 0. The van der Waals surface area contributed by atoms with Crippen LogP contribution in [0.4, 0.5) is 0 Å². The van der Waals surface area contributed by atoms with Crippen molar-refractivity contribution in [3.05, 3.63) is 5.69 Å². The van der Waals surface area contributed by atoms with Crippen LogP contribution < -0.4 is 4.74 Å². The van der Waals surface area contributed by atoms with Crippen LogP contribution in [0, 0.1) is 0 Å². The molecule has 0 spiro atoms. The number of fused-ring (bicyclic) bond motifs is 1. The molecule has 2 aromatic rings. The zero-order chi connectivity index (χ0) is 26.0. The number of ether oxygens (including phenoxy) is 2. The van der Waals surface area contributed by atoms with Crippen LogP contribution in [0.3, 0.4) is 0 Å². The molecule has 36 heavy (non-hydrogen) atoms. The maximum atomic E-state index is 12.4. The second-order valence-corrected chi connectivity index (χ2v) is 10.3. The first kappa shape index (κ1) is 30.4. The highest BCUT2D eigenvalue weighted by molar-refractivity contribution is 7.98. The highest BCUT2D eigenvalue weighted by Crippen LogP contribution is 2.28. The zero-order valence-electron chi connectivity index (χ0n) is 23.1. The molecule has 0 atom stereocenters. The first-order valence-electron chi connectivity index (χ1n) is 14.2. The van der Waals surface area contributed by atoms with Crippen LogP contribution in [-0.4, -0.2) is 45.2 Å². The minimum atomic E-state index is -0.484. The molecule has 2 heterocycles. The fourth-order valence-electron chi connectivity index (χ4n) is 4.44. The third kappa shape index (κ3) is 10.7. The highest BCUT2D eigenvalue weighted by Gasteiger charge is 2.23. The van der Waals surface area contributed by atoms with Gasteiger partial charge in [-0.1, -0.05) is 115 Å². The number of unbranched alkanes of at least 4 members (excludes halogenated alkanes) is 15. The minimum absolute atomic E-state index is 0.194. The van der Waals surface area contributed by atoms with E-state index < -0.39 is 5.97 Å². The number of aryl methyl sites for hydroxylation is 1. The lowest BCUT2D eigenvalue weighted by Crippen LogP contribution is -2.09. The van der Waals surface area contributed by atoms with E-state index in [4.69, 9.17) is 9.47 Å². The number of esters is 1. The maximum absolute atomic E-state index is 12.4. The van der Waals surface area contributed by atoms with E-state index >= 15 is 0 Å². The summed E-state index contributed by atoms with van der Waals surface area (Å²) in [6.45, 7) is 4.95. The molecule has 0 aliphatic carbocycles. The summed E-state index contributed by atoms with van der Waals surface area (Å²) in [5.41, 5.74) is 1.19. The van der Waals surface area contributed by atoms with E-state index in [1.807, 2.05) is 6.26 Å². The van der Waals surface area contributed by atoms with Gasteiger partial charge < -0.3 is 9.47 Å². The lowest BCUT2D eigenvalue weighted by molar-refractivity contribution is 0.0520. The molecular formula is C28H48N4O3S. The van der Waals surface area contributed by atoms with Crippen molar-refractivity contribution in [2.24, 2.45) is 7.05 Å². The molecule has 0 bridgehead atoms. The van der Waals surface area contributed by atoms with E-state index in [1.54, 1.807) is 18.7 Å². The Balaban J connectivity index is 1.60. The van der Waals surface area contributed by atoms with Gasteiger partial charge in [0, 0.05) is 7.05 Å². The lowest BCUT2D eigenvalue weighted by atomic mass is 10.0. The normalized spacial score (nSPS) is 11.3. The standard InChI is InChI=1S/C28H48N4O3S/c1-5-7-8-9-10-11-12-13-14-15-16-17-18-19-20-21-22-35-26-24-23(31-32(26)3)25(27(33)34-6-2)30-28(29-24)36-4/h5-22H2,1-4H3. The molecule has 0 unspecified atom stereocenters. The summed E-state index contributed by atoms with van der Waals surface area (Å²) < 4.78 is 12.8. The molecular weight excluding hydrogens is 472 g/mol. The Hall–Kier alpha value is -1.83. The van der Waals surface area contributed by atoms with Gasteiger partial charge in [-0.15, -0.1) is 0 Å². The van der Waals surface area contributed by atoms with Crippen LogP contribution >= 0.6 is 11.8 Å². The highest BCUT2D eigenvalue weighted by atomic mass is 32.2. The molecule has 0 aromatic carbocycles. The monoisotopic (exact) mass is 520 g/mol. The van der Waals surface area contributed by atoms with Crippen molar-refractivity contribution in [1.82, 2.24) is 19.7 Å². The number of thioether (sulfide) groups is 1. The Morgan fingerprint density at radius 1 is 0.778 bits per heavy atom. The average molecular weight is 521 g/mol. The summed E-state index contributed by atoms with van der Waals surface area (Å²) in [6.07, 6.45) is 23.4. The van der Waals surface area contributed by atoms with Crippen molar-refractivity contribution in [2.75, 3.05) is 19.5 Å². The van der Waals surface area contributed by atoms with Gasteiger partial charge in [0.2, 0.25) is 5.88 Å². The van der Waals surface area contributed by atoms with E-state index in [-0.39, 0.29) is 12.3 Å². The lowest BCUT2D eigenvalue weighted by Gasteiger charge is -2.07. The average Bonchev–Trinajstić information content (AvgIpc) is 3.20. The fourth-order valence-corrected chi connectivity index (χ4v) is 4.81. The summed E-state index contributed by atoms with van der Waals surface area (Å²) in [5, 5.41) is 4.95. The quantitative estimate of drug-likeness (QED) is 0.0716. The number of carbonyl (C=O) groups is 1. The molecule has 0 saturated carbocycles. The van der Waals surface area contributed by atoms with Crippen molar-refractivity contribution in [3.63, 3.8) is 0 Å². The SMILES string of the molecule is CCCCCCCCCCCCCCCCCCOc1c2nc(SC)nc(C(=O)OCC)c2nn1C. The second kappa shape index (κ2) is 18.4. The predicted molar refractivity (Wildman–Crippen MR) is 149 cm³/mol. The Morgan fingerprint density at radius 2 is 1.31 bits per heavy atom. The van der Waals surface area contributed by atoms with Gasteiger partial charge in [-0.05, 0) is 19.6 Å². The molecule has 0 aliphatic heterocycles. The van der Waals surface area contributed by atoms with E-state index in [2.05, 4.69) is 22.0 Å². The summed E-state index contributed by atoms with van der Waals surface area (Å²) >= 11 is 1.38. The van der Waals surface area contributed by atoms with E-state index in [1.165, 1.54) is 102 Å². The molecule has 2 rings (SSSR count). The van der Waals surface area contributed by atoms with Crippen molar-refractivity contribution in [3.8, 4) is 5.88 Å². The van der Waals surface area contributed by atoms with E-state index in [0.717, 1.165) is 12.8 Å². The van der Waals surface area contributed by atoms with Gasteiger partial charge in [0.05, 0.1) is 13.2 Å². The molecule has 0 N–H and O–H groups in total. The maximum Gasteiger partial charge on any atom is 0.359 e. The van der Waals surface area contributed by atoms with Gasteiger partial charge in [0.25, 0.3) is 0 Å². The number of hydrogen-bond acceptors (Lipinski definition) is 7. The number of aromatic nitrogens is 4. The van der Waals surface area contributed by atoms with Gasteiger partial charge in [0.1, 0.15) is 5.52 Å². The summed E-state index contributed by atoms with van der Waals surface area (Å²) in [7, 11) is 1.80. The van der Waals surface area contributed by atoms with Crippen molar-refractivity contribution in [2.45, 2.75) is 122 Å². The van der Waals surface area contributed by atoms with Gasteiger partial charge in [-0.3, -0.25) is 0 Å². The molecule has 0 amide bonds. The largest absolute Gasteiger partial charge is 0.476 e. The number of nitrogens with zero attached hydrogens (tertiary/aromatic N) is 4. The van der Waals surface area contributed by atoms with Crippen molar-refractivity contribution >= 4 is 28.8 Å². The molecule has 0 radical (unpaired) electrons. The third-order valence-corrected chi connectivity index (χ3v) is 7.05. The van der Waals surface area contributed by atoms with Crippen LogP contribution in [0.5, 0.6) is 5.88 Å². The van der Waals surface area contributed by atoms with Gasteiger partial charge >= 0.3 is 5.97 Å². The summed E-state index contributed by atoms with van der Waals surface area (Å²) in [4.78, 5) is 21.2. The van der Waals surface area contributed by atoms with Gasteiger partial charge in [0.15, 0.2) is 16.4 Å². The Bertz CT molecular complexity index is 887. The zero-order valence-corrected chi connectivity index (χ0v) is 24.0.